The largest absolute Gasteiger partial charge is 0.511 e. The lowest BCUT2D eigenvalue weighted by molar-refractivity contribution is -0.120. The Bertz CT molecular complexity index is 1240. The van der Waals surface area contributed by atoms with Crippen LogP contribution in [0.5, 0.6) is 5.75 Å². The fourth-order valence-electron chi connectivity index (χ4n) is 7.57. The van der Waals surface area contributed by atoms with E-state index in [4.69, 9.17) is 5.73 Å². The summed E-state index contributed by atoms with van der Waals surface area (Å²) in [5, 5.41) is 45.0. The molecule has 3 aliphatic carbocycles. The van der Waals surface area contributed by atoms with E-state index in [-0.39, 0.29) is 39.9 Å². The Morgan fingerprint density at radius 1 is 1.16 bits per heavy atom. The van der Waals surface area contributed by atoms with Crippen molar-refractivity contribution in [2.75, 3.05) is 27.2 Å². The summed E-state index contributed by atoms with van der Waals surface area (Å²) >= 11 is 0. The molecule has 1 aromatic carbocycles. The number of fused-ring (bicyclic) bond motifs is 3. The Balaban J connectivity index is 1.59. The van der Waals surface area contributed by atoms with Gasteiger partial charge in [0.2, 0.25) is 0 Å². The minimum absolute atomic E-state index is 0.126. The summed E-state index contributed by atoms with van der Waals surface area (Å²) in [6, 6.07) is 2.76. The molecule has 0 radical (unpaired) electrons. The van der Waals surface area contributed by atoms with Gasteiger partial charge in [0.15, 0.2) is 5.78 Å². The number of nitrogens with zero attached hydrogens (tertiary/aromatic N) is 2. The van der Waals surface area contributed by atoms with Crippen LogP contribution in [-0.4, -0.2) is 80.7 Å². The molecule has 1 heterocycles. The lowest BCUT2D eigenvalue weighted by Crippen LogP contribution is -2.59. The van der Waals surface area contributed by atoms with Gasteiger partial charge < -0.3 is 26.2 Å². The van der Waals surface area contributed by atoms with Gasteiger partial charge in [0.25, 0.3) is 5.91 Å². The third kappa shape index (κ3) is 4.03. The van der Waals surface area contributed by atoms with Crippen molar-refractivity contribution in [1.29, 1.82) is 0 Å². The molecule has 1 amide bonds. The highest BCUT2D eigenvalue weighted by Crippen LogP contribution is 2.54. The Kier molecular flexibility index (Phi) is 6.60. The number of rotatable bonds is 4. The molecule has 1 saturated heterocycles. The third-order valence-electron chi connectivity index (χ3n) is 9.40. The van der Waals surface area contributed by atoms with Crippen molar-refractivity contribution in [1.82, 2.24) is 9.80 Å². The molecule has 1 aromatic rings. The van der Waals surface area contributed by atoms with Crippen molar-refractivity contribution < 1.29 is 30.0 Å². The number of nitrogens with two attached hydrogens (primary N) is 1. The van der Waals surface area contributed by atoms with E-state index in [0.29, 0.717) is 25.3 Å². The van der Waals surface area contributed by atoms with E-state index in [1.807, 2.05) is 6.07 Å². The molecule has 0 aromatic heterocycles. The van der Waals surface area contributed by atoms with E-state index in [0.717, 1.165) is 37.1 Å². The van der Waals surface area contributed by atoms with Crippen molar-refractivity contribution in [3.8, 4) is 5.75 Å². The molecule has 3 unspecified atom stereocenters. The number of amides is 1. The highest BCUT2D eigenvalue weighted by Gasteiger charge is 2.59. The molecule has 1 fully saturated rings. The maximum absolute atomic E-state index is 13.9. The number of Topliss-reactive ketones (excluding diaryl/α,β-unsaturated/α-hetero) is 1. The molecule has 5 atom stereocenters. The number of aliphatic hydroxyl groups is 3. The summed E-state index contributed by atoms with van der Waals surface area (Å²) in [6.45, 7) is 6.26. The second kappa shape index (κ2) is 9.39. The van der Waals surface area contributed by atoms with E-state index < -0.39 is 35.2 Å². The van der Waals surface area contributed by atoms with Gasteiger partial charge in [-0.25, -0.2) is 0 Å². The molecule has 0 saturated carbocycles. The third-order valence-corrected chi connectivity index (χ3v) is 9.40. The molecule has 9 heteroatoms. The number of aliphatic hydroxyl groups excluding tert-OH is 2. The molecule has 4 aliphatic rings. The summed E-state index contributed by atoms with van der Waals surface area (Å²) in [5.74, 6) is -3.31. The zero-order chi connectivity index (χ0) is 27.7. The Hall–Kier alpha value is -2.88. The molecular formula is C29H39N3O6. The fraction of sp³-hybridized carbons (Fsp3) is 0.586. The number of carbonyl (C=O) groups excluding carboxylic acids is 2. The minimum atomic E-state index is -1.98. The van der Waals surface area contributed by atoms with Crippen LogP contribution < -0.4 is 5.73 Å². The number of piperidine rings is 1. The number of phenolic OH excluding ortho intramolecular Hbond substituents is 1. The maximum atomic E-state index is 13.9. The van der Waals surface area contributed by atoms with E-state index in [9.17, 15) is 30.0 Å². The number of hydrogen-bond acceptors (Lipinski definition) is 8. The molecule has 0 bridgehead atoms. The first kappa shape index (κ1) is 26.7. The molecule has 0 spiro atoms. The number of primary amides is 1. The summed E-state index contributed by atoms with van der Waals surface area (Å²) in [4.78, 5) is 30.4. The summed E-state index contributed by atoms with van der Waals surface area (Å²) < 4.78 is 0. The first-order chi connectivity index (χ1) is 17.8. The summed E-state index contributed by atoms with van der Waals surface area (Å²) in [7, 11) is 3.51. The number of allylic oxidation sites excluding steroid dienone is 1. The summed E-state index contributed by atoms with van der Waals surface area (Å²) in [5.41, 5.74) is 5.41. The molecule has 9 nitrogen and oxygen atoms in total. The normalized spacial score (nSPS) is 32.3. The van der Waals surface area contributed by atoms with Gasteiger partial charge in [0.05, 0.1) is 23.1 Å². The average Bonchev–Trinajstić information content (AvgIpc) is 2.80. The lowest BCUT2D eigenvalue weighted by atomic mass is 9.57. The molecule has 6 N–H and O–H groups in total. The number of carbonyl (C=O) groups is 2. The van der Waals surface area contributed by atoms with Crippen LogP contribution >= 0.6 is 0 Å². The van der Waals surface area contributed by atoms with E-state index >= 15 is 0 Å². The zero-order valence-corrected chi connectivity index (χ0v) is 22.6. The van der Waals surface area contributed by atoms with Crippen molar-refractivity contribution in [2.24, 2.45) is 29.4 Å². The van der Waals surface area contributed by atoms with Crippen molar-refractivity contribution >= 4 is 11.7 Å². The van der Waals surface area contributed by atoms with E-state index in [1.165, 1.54) is 6.92 Å². The first-order valence-electron chi connectivity index (χ1n) is 13.5. The maximum Gasteiger partial charge on any atom is 0.251 e. The standard InChI is InChI=1S/C29H39N3O6/c1-14-7-9-32(10-8-14)13-15-5-6-19(33)21-17(15)11-16-12-18-22(26(35)20(16)25(21)34)29(2,38)23(28(30)37)27(36)24(18)31(3)4/h5-6,14,16,18,22,24,33,35-36,38H,7-13H2,1-4H3,(H2,30,37)/t16?,18?,22?,24-,29-/m0/s1. The van der Waals surface area contributed by atoms with Crippen LogP contribution in [0.4, 0.5) is 0 Å². The predicted octanol–water partition coefficient (Wildman–Crippen LogP) is 2.42. The van der Waals surface area contributed by atoms with Gasteiger partial charge in [0, 0.05) is 12.1 Å². The topological polar surface area (TPSA) is 148 Å². The number of likely N-dealkylation sites (tertiary alicyclic amines) is 1. The van der Waals surface area contributed by atoms with Crippen molar-refractivity contribution in [3.05, 3.63) is 51.5 Å². The highest BCUT2D eigenvalue weighted by atomic mass is 16.3. The molecular weight excluding hydrogens is 486 g/mol. The quantitative estimate of drug-likeness (QED) is 0.403. The van der Waals surface area contributed by atoms with Crippen LogP contribution in [-0.2, 0) is 17.8 Å². The average molecular weight is 526 g/mol. The zero-order valence-electron chi connectivity index (χ0n) is 22.6. The number of hydrogen-bond donors (Lipinski definition) is 5. The molecule has 5 rings (SSSR count). The van der Waals surface area contributed by atoms with Gasteiger partial charge >= 0.3 is 0 Å². The molecule has 206 valence electrons. The second-order valence-corrected chi connectivity index (χ2v) is 12.1. The molecule has 1 aliphatic heterocycles. The van der Waals surface area contributed by atoms with Crippen LogP contribution in [0.1, 0.15) is 54.6 Å². The van der Waals surface area contributed by atoms with Crippen LogP contribution in [0.3, 0.4) is 0 Å². The van der Waals surface area contributed by atoms with Gasteiger partial charge in [-0.15, -0.1) is 0 Å². The minimum Gasteiger partial charge on any atom is -0.511 e. The highest BCUT2D eigenvalue weighted by molar-refractivity contribution is 6.13. The van der Waals surface area contributed by atoms with Crippen LogP contribution in [0.2, 0.25) is 0 Å². The Morgan fingerprint density at radius 3 is 2.42 bits per heavy atom. The molecule has 38 heavy (non-hydrogen) atoms. The number of benzene rings is 1. The lowest BCUT2D eigenvalue weighted by Gasteiger charge is -2.52. The first-order valence-corrected chi connectivity index (χ1v) is 13.5. The van der Waals surface area contributed by atoms with Crippen LogP contribution in [0, 0.1) is 23.7 Å². The number of aromatic hydroxyl groups is 1. The Labute approximate surface area is 223 Å². The predicted molar refractivity (Wildman–Crippen MR) is 142 cm³/mol. The SMILES string of the molecule is CC1CCN(Cc2ccc(O)c3c2CC2CC4C(C(O)=C2C3=O)[C@](C)(O)C(C(N)=O)=C(O)[C@H]4N(C)C)CC1. The van der Waals surface area contributed by atoms with Crippen LogP contribution in [0.25, 0.3) is 0 Å². The smallest absolute Gasteiger partial charge is 0.251 e. The monoisotopic (exact) mass is 525 g/mol. The number of ketones is 1. The van der Waals surface area contributed by atoms with Gasteiger partial charge in [0.1, 0.15) is 22.9 Å². The van der Waals surface area contributed by atoms with Gasteiger partial charge in [-0.3, -0.25) is 19.4 Å². The number of phenols is 1. The summed E-state index contributed by atoms with van der Waals surface area (Å²) in [6.07, 6.45) is 3.11. The van der Waals surface area contributed by atoms with Gasteiger partial charge in [-0.05, 0) is 94.7 Å². The number of likely N-dealkylation sites (N-methyl/N-ethyl adjacent to an activating group) is 1. The van der Waals surface area contributed by atoms with Crippen molar-refractivity contribution in [2.45, 2.75) is 57.7 Å². The second-order valence-electron chi connectivity index (χ2n) is 12.1. The van der Waals surface area contributed by atoms with E-state index in [2.05, 4.69) is 11.8 Å². The fourth-order valence-corrected chi connectivity index (χ4v) is 7.57. The van der Waals surface area contributed by atoms with E-state index in [1.54, 1.807) is 25.1 Å². The van der Waals surface area contributed by atoms with Crippen LogP contribution in [0.15, 0.2) is 34.8 Å². The van der Waals surface area contributed by atoms with Crippen molar-refractivity contribution in [3.63, 3.8) is 0 Å². The Morgan fingerprint density at radius 2 is 1.82 bits per heavy atom. The van der Waals surface area contributed by atoms with Gasteiger partial charge in [-0.1, -0.05) is 13.0 Å². The van der Waals surface area contributed by atoms with Gasteiger partial charge in [-0.2, -0.15) is 0 Å².